The molecule has 5 nitrogen and oxygen atoms in total. The fourth-order valence-electron chi connectivity index (χ4n) is 1.18. The normalized spacial score (nSPS) is 9.76. The van der Waals surface area contributed by atoms with Gasteiger partial charge in [-0.1, -0.05) is 29.8 Å². The Hall–Kier alpha value is -1.75. The third kappa shape index (κ3) is 4.32. The first kappa shape index (κ1) is 13.3. The molecular formula is C11H14ClN3O2. The Balaban J connectivity index is 2.44. The van der Waals surface area contributed by atoms with E-state index in [0.717, 1.165) is 10.5 Å². The predicted octanol–water partition coefficient (Wildman–Crippen LogP) is 0.967. The summed E-state index contributed by atoms with van der Waals surface area (Å²) in [6, 6.07) is 6.58. The molecule has 92 valence electrons. The molecular weight excluding hydrogens is 242 g/mol. The van der Waals surface area contributed by atoms with Crippen molar-refractivity contribution < 1.29 is 9.59 Å². The second-order valence-electron chi connectivity index (χ2n) is 3.56. The molecule has 0 saturated carbocycles. The van der Waals surface area contributed by atoms with Crippen LogP contribution in [-0.2, 0) is 11.3 Å². The van der Waals surface area contributed by atoms with Gasteiger partial charge < -0.3 is 16.0 Å². The number of carbonyl (C=O) groups is 2. The minimum Gasteiger partial charge on any atom is -0.351 e. The van der Waals surface area contributed by atoms with Gasteiger partial charge in [-0.3, -0.25) is 4.79 Å². The molecule has 0 heterocycles. The summed E-state index contributed by atoms with van der Waals surface area (Å²) in [6.07, 6.45) is 0. The van der Waals surface area contributed by atoms with Crippen molar-refractivity contribution in [2.45, 2.75) is 6.54 Å². The van der Waals surface area contributed by atoms with Crippen molar-refractivity contribution in [3.05, 3.63) is 34.9 Å². The molecule has 17 heavy (non-hydrogen) atoms. The molecule has 6 heteroatoms. The number of halogens is 1. The topological polar surface area (TPSA) is 75.4 Å². The minimum absolute atomic E-state index is 0.0697. The molecule has 3 amide bonds. The number of likely N-dealkylation sites (N-methyl/N-ethyl adjacent to an activating group) is 1. The Morgan fingerprint density at radius 3 is 2.65 bits per heavy atom. The van der Waals surface area contributed by atoms with Gasteiger partial charge in [0.05, 0.1) is 0 Å². The van der Waals surface area contributed by atoms with E-state index in [1.54, 1.807) is 6.07 Å². The molecule has 0 bridgehead atoms. The minimum atomic E-state index is -0.641. The van der Waals surface area contributed by atoms with Crippen LogP contribution in [0.5, 0.6) is 0 Å². The first-order chi connectivity index (χ1) is 8.00. The molecule has 0 fully saturated rings. The summed E-state index contributed by atoms with van der Waals surface area (Å²) in [6.45, 7) is 0.255. The summed E-state index contributed by atoms with van der Waals surface area (Å²) in [5, 5.41) is 3.25. The Labute approximate surface area is 105 Å². The van der Waals surface area contributed by atoms with Gasteiger partial charge in [-0.25, -0.2) is 4.79 Å². The summed E-state index contributed by atoms with van der Waals surface area (Å²) in [5.74, 6) is -0.286. The van der Waals surface area contributed by atoms with Gasteiger partial charge in [0.2, 0.25) is 5.91 Å². The molecule has 0 unspecified atom stereocenters. The smallest absolute Gasteiger partial charge is 0.314 e. The van der Waals surface area contributed by atoms with E-state index in [2.05, 4.69) is 5.32 Å². The maximum absolute atomic E-state index is 11.4. The molecule has 1 aromatic carbocycles. The van der Waals surface area contributed by atoms with Gasteiger partial charge in [0.25, 0.3) is 0 Å². The van der Waals surface area contributed by atoms with E-state index in [1.807, 2.05) is 18.2 Å². The van der Waals surface area contributed by atoms with Gasteiger partial charge in [-0.2, -0.15) is 0 Å². The van der Waals surface area contributed by atoms with Crippen molar-refractivity contribution in [3.8, 4) is 0 Å². The van der Waals surface area contributed by atoms with Crippen LogP contribution in [0, 0.1) is 0 Å². The second kappa shape index (κ2) is 6.10. The zero-order valence-corrected chi connectivity index (χ0v) is 10.2. The molecule has 0 atom stereocenters. The van der Waals surface area contributed by atoms with Crippen LogP contribution in [-0.4, -0.2) is 30.4 Å². The number of hydrogen-bond donors (Lipinski definition) is 2. The zero-order chi connectivity index (χ0) is 12.8. The molecule has 0 aliphatic carbocycles. The van der Waals surface area contributed by atoms with Crippen molar-refractivity contribution in [3.63, 3.8) is 0 Å². The van der Waals surface area contributed by atoms with E-state index in [1.165, 1.54) is 7.05 Å². The fraction of sp³-hybridized carbons (Fsp3) is 0.273. The van der Waals surface area contributed by atoms with Crippen LogP contribution in [0.1, 0.15) is 5.56 Å². The van der Waals surface area contributed by atoms with Crippen LogP contribution in [0.3, 0.4) is 0 Å². The number of carbonyl (C=O) groups excluding carboxylic acids is 2. The van der Waals surface area contributed by atoms with E-state index >= 15 is 0 Å². The first-order valence-electron chi connectivity index (χ1n) is 5.01. The van der Waals surface area contributed by atoms with E-state index in [0.29, 0.717) is 11.6 Å². The maximum atomic E-state index is 11.4. The summed E-state index contributed by atoms with van der Waals surface area (Å²) < 4.78 is 0. The highest BCUT2D eigenvalue weighted by atomic mass is 35.5. The lowest BCUT2D eigenvalue weighted by Gasteiger charge is -2.13. The number of nitrogens with one attached hydrogen (secondary N) is 1. The van der Waals surface area contributed by atoms with Crippen molar-refractivity contribution in [2.75, 3.05) is 13.6 Å². The molecule has 0 radical (unpaired) electrons. The standard InChI is InChI=1S/C11H14ClN3O2/c1-15(11(13)17)7-10(16)14-6-8-4-2-3-5-9(8)12/h2-5H,6-7H2,1H3,(H2,13,17)(H,14,16). The molecule has 0 spiro atoms. The van der Waals surface area contributed by atoms with Crippen molar-refractivity contribution in [2.24, 2.45) is 5.73 Å². The van der Waals surface area contributed by atoms with Crippen molar-refractivity contribution >= 4 is 23.5 Å². The Morgan fingerprint density at radius 2 is 2.06 bits per heavy atom. The summed E-state index contributed by atoms with van der Waals surface area (Å²) in [5.41, 5.74) is 5.82. The Kier molecular flexibility index (Phi) is 4.78. The summed E-state index contributed by atoms with van der Waals surface area (Å²) >= 11 is 5.93. The zero-order valence-electron chi connectivity index (χ0n) is 9.44. The van der Waals surface area contributed by atoms with E-state index in [-0.39, 0.29) is 12.5 Å². The van der Waals surface area contributed by atoms with Crippen LogP contribution >= 0.6 is 11.6 Å². The van der Waals surface area contributed by atoms with Crippen LogP contribution in [0.15, 0.2) is 24.3 Å². The highest BCUT2D eigenvalue weighted by Gasteiger charge is 2.09. The fourth-order valence-corrected chi connectivity index (χ4v) is 1.39. The molecule has 1 aromatic rings. The van der Waals surface area contributed by atoms with Gasteiger partial charge in [-0.05, 0) is 11.6 Å². The van der Waals surface area contributed by atoms with Crippen LogP contribution < -0.4 is 11.1 Å². The number of hydrogen-bond acceptors (Lipinski definition) is 2. The van der Waals surface area contributed by atoms with E-state index in [9.17, 15) is 9.59 Å². The largest absolute Gasteiger partial charge is 0.351 e. The number of urea groups is 1. The quantitative estimate of drug-likeness (QED) is 0.841. The van der Waals surface area contributed by atoms with Crippen LogP contribution in [0.2, 0.25) is 5.02 Å². The SMILES string of the molecule is CN(CC(=O)NCc1ccccc1Cl)C(N)=O. The van der Waals surface area contributed by atoms with Gasteiger partial charge in [0.1, 0.15) is 6.54 Å². The third-order valence-corrected chi connectivity index (χ3v) is 2.56. The van der Waals surface area contributed by atoms with Gasteiger partial charge >= 0.3 is 6.03 Å². The molecule has 0 saturated heterocycles. The summed E-state index contributed by atoms with van der Waals surface area (Å²) in [7, 11) is 1.46. The molecule has 0 aliphatic heterocycles. The van der Waals surface area contributed by atoms with Crippen molar-refractivity contribution in [1.29, 1.82) is 0 Å². The van der Waals surface area contributed by atoms with Gasteiger partial charge in [0, 0.05) is 18.6 Å². The average molecular weight is 256 g/mol. The average Bonchev–Trinajstić information content (AvgIpc) is 2.27. The second-order valence-corrected chi connectivity index (χ2v) is 3.97. The highest BCUT2D eigenvalue weighted by Crippen LogP contribution is 2.14. The Morgan fingerprint density at radius 1 is 1.41 bits per heavy atom. The van der Waals surface area contributed by atoms with Crippen molar-refractivity contribution in [1.82, 2.24) is 10.2 Å². The predicted molar refractivity (Wildman–Crippen MR) is 65.5 cm³/mol. The molecule has 1 rings (SSSR count). The molecule has 0 aliphatic rings. The van der Waals surface area contributed by atoms with Gasteiger partial charge in [0.15, 0.2) is 0 Å². The number of amides is 3. The maximum Gasteiger partial charge on any atom is 0.314 e. The van der Waals surface area contributed by atoms with Crippen LogP contribution in [0.4, 0.5) is 4.79 Å². The van der Waals surface area contributed by atoms with E-state index < -0.39 is 6.03 Å². The number of benzene rings is 1. The Bertz CT molecular complexity index is 423. The molecule has 0 aromatic heterocycles. The monoisotopic (exact) mass is 255 g/mol. The van der Waals surface area contributed by atoms with Gasteiger partial charge in [-0.15, -0.1) is 0 Å². The van der Waals surface area contributed by atoms with E-state index in [4.69, 9.17) is 17.3 Å². The lowest BCUT2D eigenvalue weighted by atomic mass is 10.2. The third-order valence-electron chi connectivity index (χ3n) is 2.19. The number of nitrogens with two attached hydrogens (primary N) is 1. The van der Waals surface area contributed by atoms with Crippen LogP contribution in [0.25, 0.3) is 0 Å². The summed E-state index contributed by atoms with van der Waals surface area (Å²) in [4.78, 5) is 23.3. The molecule has 3 N–H and O–H groups in total. The highest BCUT2D eigenvalue weighted by molar-refractivity contribution is 6.31. The lowest BCUT2D eigenvalue weighted by Crippen LogP contribution is -2.40. The first-order valence-corrected chi connectivity index (χ1v) is 5.39. The number of primary amides is 1. The number of rotatable bonds is 4. The number of nitrogens with zero attached hydrogens (tertiary/aromatic N) is 1. The lowest BCUT2D eigenvalue weighted by molar-refractivity contribution is -0.121.